The second-order valence-corrected chi connectivity index (χ2v) is 11.1. The molecule has 0 N–H and O–H groups in total. The molecular weight excluding hydrogens is 453 g/mol. The number of carbonyl (C=O) groups excluding carboxylic acids is 1. The summed E-state index contributed by atoms with van der Waals surface area (Å²) < 4.78 is 63.9. The van der Waals surface area contributed by atoms with E-state index in [1.165, 1.54) is 19.1 Å². The van der Waals surface area contributed by atoms with Crippen LogP contribution in [0.15, 0.2) is 48.5 Å². The van der Waals surface area contributed by atoms with Gasteiger partial charge in [-0.1, -0.05) is 36.4 Å². The van der Waals surface area contributed by atoms with Gasteiger partial charge in [0.1, 0.15) is 9.84 Å². The molecule has 2 aliphatic rings. The minimum Gasteiger partial charge on any atom is -0.367 e. The number of piperazine rings is 1. The van der Waals surface area contributed by atoms with Crippen molar-refractivity contribution < 1.29 is 26.4 Å². The summed E-state index contributed by atoms with van der Waals surface area (Å²) in [6, 6.07) is 13.5. The normalized spacial score (nSPS) is 21.8. The Morgan fingerprint density at radius 1 is 1.00 bits per heavy atom. The molecule has 2 aromatic rings. The number of rotatable bonds is 3. The monoisotopic (exact) mass is 480 g/mol. The Morgan fingerprint density at radius 2 is 1.67 bits per heavy atom. The molecule has 2 aliphatic heterocycles. The van der Waals surface area contributed by atoms with Gasteiger partial charge in [-0.05, 0) is 43.0 Å². The summed E-state index contributed by atoms with van der Waals surface area (Å²) in [5, 5.41) is 0. The Kier molecular flexibility index (Phi) is 6.44. The highest BCUT2D eigenvalue weighted by atomic mass is 32.2. The molecule has 1 amide bonds. The van der Waals surface area contributed by atoms with E-state index in [-0.39, 0.29) is 34.9 Å². The van der Waals surface area contributed by atoms with E-state index in [9.17, 15) is 26.4 Å². The molecule has 1 atom stereocenters. The third-order valence-electron chi connectivity index (χ3n) is 6.64. The lowest BCUT2D eigenvalue weighted by Gasteiger charge is -2.44. The van der Waals surface area contributed by atoms with E-state index in [1.807, 2.05) is 35.2 Å². The number of hydrogen-bond acceptors (Lipinski definition) is 4. The van der Waals surface area contributed by atoms with Crippen LogP contribution in [0.4, 0.5) is 18.9 Å². The summed E-state index contributed by atoms with van der Waals surface area (Å²) in [5.41, 5.74) is 0.900. The van der Waals surface area contributed by atoms with Crippen LogP contribution >= 0.6 is 0 Å². The first-order valence-corrected chi connectivity index (χ1v) is 12.9. The van der Waals surface area contributed by atoms with Crippen molar-refractivity contribution in [3.63, 3.8) is 0 Å². The van der Waals surface area contributed by atoms with Crippen LogP contribution in [0.1, 0.15) is 35.6 Å². The summed E-state index contributed by atoms with van der Waals surface area (Å²) in [6.45, 7) is 2.57. The maximum Gasteiger partial charge on any atom is 0.416 e. The van der Waals surface area contributed by atoms with Crippen molar-refractivity contribution in [2.45, 2.75) is 32.0 Å². The molecular formula is C24H27F3N2O3S. The van der Waals surface area contributed by atoms with Crippen LogP contribution in [0.2, 0.25) is 0 Å². The highest BCUT2D eigenvalue weighted by Gasteiger charge is 2.38. The van der Waals surface area contributed by atoms with Gasteiger partial charge in [0.15, 0.2) is 0 Å². The Labute approximate surface area is 192 Å². The number of halogens is 3. The molecule has 0 bridgehead atoms. The number of anilines is 1. The van der Waals surface area contributed by atoms with E-state index < -0.39 is 21.6 Å². The molecule has 2 saturated heterocycles. The SMILES string of the molecule is Cc1ccc(N2CCN(C(=O)C3CCS(=O)(=O)CC3)C(c3ccccc3)C2)cc1C(F)(F)F. The highest BCUT2D eigenvalue weighted by Crippen LogP contribution is 2.36. The fourth-order valence-corrected chi connectivity index (χ4v) is 6.22. The molecule has 0 aliphatic carbocycles. The first-order chi connectivity index (χ1) is 15.5. The van der Waals surface area contributed by atoms with E-state index in [0.29, 0.717) is 38.2 Å². The molecule has 178 valence electrons. The average Bonchev–Trinajstić information content (AvgIpc) is 2.78. The zero-order valence-electron chi connectivity index (χ0n) is 18.4. The van der Waals surface area contributed by atoms with Gasteiger partial charge in [-0.3, -0.25) is 4.79 Å². The van der Waals surface area contributed by atoms with E-state index in [1.54, 1.807) is 11.0 Å². The van der Waals surface area contributed by atoms with Gasteiger partial charge in [0, 0.05) is 31.2 Å². The van der Waals surface area contributed by atoms with Crippen LogP contribution in [0.25, 0.3) is 0 Å². The van der Waals surface area contributed by atoms with Gasteiger partial charge in [-0.15, -0.1) is 0 Å². The highest BCUT2D eigenvalue weighted by molar-refractivity contribution is 7.91. The Morgan fingerprint density at radius 3 is 2.30 bits per heavy atom. The molecule has 0 spiro atoms. The van der Waals surface area contributed by atoms with E-state index in [0.717, 1.165) is 5.56 Å². The van der Waals surface area contributed by atoms with Gasteiger partial charge in [-0.2, -0.15) is 13.2 Å². The van der Waals surface area contributed by atoms with Crippen molar-refractivity contribution in [1.82, 2.24) is 4.90 Å². The van der Waals surface area contributed by atoms with Crippen LogP contribution in [-0.4, -0.2) is 50.4 Å². The maximum atomic E-state index is 13.5. The number of amides is 1. The smallest absolute Gasteiger partial charge is 0.367 e. The van der Waals surface area contributed by atoms with Crippen LogP contribution < -0.4 is 4.90 Å². The van der Waals surface area contributed by atoms with E-state index in [4.69, 9.17) is 0 Å². The van der Waals surface area contributed by atoms with Crippen molar-refractivity contribution in [3.05, 3.63) is 65.2 Å². The summed E-state index contributed by atoms with van der Waals surface area (Å²) in [6.07, 6.45) is -3.80. The fourth-order valence-electron chi connectivity index (χ4n) is 4.73. The minimum absolute atomic E-state index is 0.0168. The van der Waals surface area contributed by atoms with Gasteiger partial charge < -0.3 is 9.80 Å². The molecule has 2 fully saturated rings. The summed E-state index contributed by atoms with van der Waals surface area (Å²) >= 11 is 0. The largest absolute Gasteiger partial charge is 0.416 e. The first kappa shape index (κ1) is 23.6. The Balaban J connectivity index is 1.60. The minimum atomic E-state index is -4.43. The van der Waals surface area contributed by atoms with Gasteiger partial charge in [0.25, 0.3) is 0 Å². The molecule has 2 heterocycles. The predicted molar refractivity (Wildman–Crippen MR) is 121 cm³/mol. The summed E-state index contributed by atoms with van der Waals surface area (Å²) in [4.78, 5) is 17.1. The summed E-state index contributed by atoms with van der Waals surface area (Å²) in [5.74, 6) is -0.382. The van der Waals surface area contributed by atoms with E-state index >= 15 is 0 Å². The van der Waals surface area contributed by atoms with Crippen molar-refractivity contribution in [3.8, 4) is 0 Å². The fraction of sp³-hybridized carbons (Fsp3) is 0.458. The number of benzene rings is 2. The molecule has 0 saturated carbocycles. The number of alkyl halides is 3. The van der Waals surface area contributed by atoms with Crippen LogP contribution in [0.5, 0.6) is 0 Å². The van der Waals surface area contributed by atoms with Crippen molar-refractivity contribution in [2.75, 3.05) is 36.0 Å². The van der Waals surface area contributed by atoms with E-state index in [2.05, 4.69) is 0 Å². The second-order valence-electron chi connectivity index (χ2n) is 8.83. The second kappa shape index (κ2) is 9.00. The number of sulfone groups is 1. The first-order valence-electron chi connectivity index (χ1n) is 11.0. The number of hydrogen-bond donors (Lipinski definition) is 0. The number of carbonyl (C=O) groups is 1. The molecule has 2 aromatic carbocycles. The van der Waals surface area contributed by atoms with Crippen LogP contribution in [0, 0.1) is 12.8 Å². The van der Waals surface area contributed by atoms with Crippen molar-refractivity contribution in [2.24, 2.45) is 5.92 Å². The lowest BCUT2D eigenvalue weighted by molar-refractivity contribution is -0.139. The third-order valence-corrected chi connectivity index (χ3v) is 8.36. The van der Waals surface area contributed by atoms with Crippen LogP contribution in [0.3, 0.4) is 0 Å². The van der Waals surface area contributed by atoms with Crippen molar-refractivity contribution >= 4 is 21.4 Å². The van der Waals surface area contributed by atoms with Gasteiger partial charge in [0.05, 0.1) is 23.1 Å². The summed E-state index contributed by atoms with van der Waals surface area (Å²) in [7, 11) is -3.08. The predicted octanol–water partition coefficient (Wildman–Crippen LogP) is 4.23. The molecule has 9 heteroatoms. The maximum absolute atomic E-state index is 13.5. The van der Waals surface area contributed by atoms with Gasteiger partial charge in [-0.25, -0.2) is 8.42 Å². The number of nitrogens with zero attached hydrogens (tertiary/aromatic N) is 2. The van der Waals surface area contributed by atoms with Crippen LogP contribution in [-0.2, 0) is 20.8 Å². The van der Waals surface area contributed by atoms with Gasteiger partial charge in [0.2, 0.25) is 5.91 Å². The topological polar surface area (TPSA) is 57.7 Å². The molecule has 0 aromatic heterocycles. The lowest BCUT2D eigenvalue weighted by Crippen LogP contribution is -2.53. The Hall–Kier alpha value is -2.55. The quantitative estimate of drug-likeness (QED) is 0.660. The molecule has 33 heavy (non-hydrogen) atoms. The zero-order chi connectivity index (χ0) is 23.8. The van der Waals surface area contributed by atoms with Crippen molar-refractivity contribution in [1.29, 1.82) is 0 Å². The molecule has 4 rings (SSSR count). The molecule has 5 nitrogen and oxygen atoms in total. The Bertz CT molecular complexity index is 1110. The number of aryl methyl sites for hydroxylation is 1. The molecule has 1 unspecified atom stereocenters. The average molecular weight is 481 g/mol. The zero-order valence-corrected chi connectivity index (χ0v) is 19.2. The van der Waals surface area contributed by atoms with Gasteiger partial charge >= 0.3 is 6.18 Å². The third kappa shape index (κ3) is 5.18. The lowest BCUT2D eigenvalue weighted by atomic mass is 9.96. The molecule has 0 radical (unpaired) electrons. The standard InChI is InChI=1S/C24H27F3N2O3S/c1-17-7-8-20(15-21(17)24(25,26)27)28-11-12-29(22(16-28)18-5-3-2-4-6-18)23(30)19-9-13-33(31,32)14-10-19/h2-8,15,19,22H,9-14,16H2,1H3.